The summed E-state index contributed by atoms with van der Waals surface area (Å²) in [7, 11) is 1.64. The minimum atomic E-state index is -0.685. The highest BCUT2D eigenvalue weighted by Crippen LogP contribution is 2.46. The molecule has 0 bridgehead atoms. The molecule has 10 heteroatoms. The Labute approximate surface area is 248 Å². The van der Waals surface area contributed by atoms with Gasteiger partial charge in [-0.15, -0.1) is 11.3 Å². The van der Waals surface area contributed by atoms with E-state index in [2.05, 4.69) is 20.6 Å². The first kappa shape index (κ1) is 27.7. The van der Waals surface area contributed by atoms with Crippen molar-refractivity contribution < 1.29 is 19.1 Å². The van der Waals surface area contributed by atoms with Gasteiger partial charge < -0.3 is 20.3 Å². The van der Waals surface area contributed by atoms with Crippen LogP contribution in [-0.4, -0.2) is 46.2 Å². The number of carbonyl (C=O) groups excluding carboxylic acids is 3. The van der Waals surface area contributed by atoms with E-state index in [4.69, 9.17) is 4.74 Å². The van der Waals surface area contributed by atoms with E-state index < -0.39 is 5.41 Å². The van der Waals surface area contributed by atoms with Crippen molar-refractivity contribution in [2.45, 2.75) is 44.8 Å². The Morgan fingerprint density at radius 1 is 1.12 bits per heavy atom. The maximum atomic E-state index is 13.6. The molecular formula is C32H31N5O4S. The lowest BCUT2D eigenvalue weighted by Gasteiger charge is -2.24. The van der Waals surface area contributed by atoms with Gasteiger partial charge in [-0.2, -0.15) is 0 Å². The number of aromatic nitrogens is 2. The van der Waals surface area contributed by atoms with Gasteiger partial charge >= 0.3 is 0 Å². The molecule has 2 N–H and O–H groups in total. The van der Waals surface area contributed by atoms with Crippen LogP contribution in [0.3, 0.4) is 0 Å². The quantitative estimate of drug-likeness (QED) is 0.308. The molecule has 6 rings (SSSR count). The molecular weight excluding hydrogens is 550 g/mol. The van der Waals surface area contributed by atoms with E-state index in [0.29, 0.717) is 30.0 Å². The maximum Gasteiger partial charge on any atom is 0.274 e. The first-order valence-corrected chi connectivity index (χ1v) is 14.7. The van der Waals surface area contributed by atoms with Crippen LogP contribution in [0.1, 0.15) is 56.2 Å². The molecule has 214 valence electrons. The van der Waals surface area contributed by atoms with Gasteiger partial charge in [0, 0.05) is 36.0 Å². The van der Waals surface area contributed by atoms with Crippen LogP contribution in [0.15, 0.2) is 66.3 Å². The van der Waals surface area contributed by atoms with E-state index in [1.165, 1.54) is 16.2 Å². The minimum Gasteiger partial charge on any atom is -0.377 e. The van der Waals surface area contributed by atoms with Crippen molar-refractivity contribution in [1.29, 1.82) is 0 Å². The SMILES string of the molecule is COC(C)c1ccccc1CN(CC(=O)Nc1ccc2c(c1)CC1(C2)C(=O)Nc2ncccc21)C(=O)c1ncsc1C. The fourth-order valence-electron chi connectivity index (χ4n) is 5.99. The number of hydrogen-bond donors (Lipinski definition) is 2. The first-order valence-electron chi connectivity index (χ1n) is 13.8. The summed E-state index contributed by atoms with van der Waals surface area (Å²) in [5.74, 6) is -0.0635. The van der Waals surface area contributed by atoms with Crippen molar-refractivity contribution in [3.8, 4) is 0 Å². The molecule has 2 atom stereocenters. The Morgan fingerprint density at radius 3 is 2.71 bits per heavy atom. The largest absolute Gasteiger partial charge is 0.377 e. The van der Waals surface area contributed by atoms with E-state index in [1.54, 1.807) is 18.8 Å². The summed E-state index contributed by atoms with van der Waals surface area (Å²) >= 11 is 1.39. The van der Waals surface area contributed by atoms with E-state index in [-0.39, 0.29) is 36.9 Å². The zero-order valence-corrected chi connectivity index (χ0v) is 24.5. The van der Waals surface area contributed by atoms with Gasteiger partial charge in [0.25, 0.3) is 5.91 Å². The Bertz CT molecular complexity index is 1700. The average Bonchev–Trinajstić information content (AvgIpc) is 3.67. The molecule has 1 aliphatic carbocycles. The second-order valence-corrected chi connectivity index (χ2v) is 11.9. The normalized spacial score (nSPS) is 17.5. The van der Waals surface area contributed by atoms with Crippen molar-refractivity contribution in [1.82, 2.24) is 14.9 Å². The fourth-order valence-corrected chi connectivity index (χ4v) is 6.55. The number of pyridine rings is 1. The molecule has 0 fully saturated rings. The van der Waals surface area contributed by atoms with E-state index >= 15 is 0 Å². The van der Waals surface area contributed by atoms with Gasteiger partial charge in [-0.05, 0) is 67.1 Å². The van der Waals surface area contributed by atoms with Crippen LogP contribution >= 0.6 is 11.3 Å². The Balaban J connectivity index is 1.22. The summed E-state index contributed by atoms with van der Waals surface area (Å²) in [6.07, 6.45) is 2.61. The molecule has 2 aromatic heterocycles. The summed E-state index contributed by atoms with van der Waals surface area (Å²) in [5, 5.41) is 5.90. The lowest BCUT2D eigenvalue weighted by Crippen LogP contribution is -2.38. The number of ether oxygens (including phenoxy) is 1. The second-order valence-electron chi connectivity index (χ2n) is 10.8. The summed E-state index contributed by atoms with van der Waals surface area (Å²) in [5.41, 5.74) is 6.75. The summed E-state index contributed by atoms with van der Waals surface area (Å²) in [4.78, 5) is 51.0. The number of aryl methyl sites for hydroxylation is 1. The molecule has 9 nitrogen and oxygen atoms in total. The van der Waals surface area contributed by atoms with Crippen LogP contribution in [0.2, 0.25) is 0 Å². The third-order valence-corrected chi connectivity index (χ3v) is 9.00. The number of methoxy groups -OCH3 is 1. The third-order valence-electron chi connectivity index (χ3n) is 8.24. The lowest BCUT2D eigenvalue weighted by atomic mass is 9.79. The van der Waals surface area contributed by atoms with Crippen molar-refractivity contribution in [3.63, 3.8) is 0 Å². The molecule has 0 saturated carbocycles. The number of fused-ring (bicyclic) bond motifs is 3. The highest BCUT2D eigenvalue weighted by atomic mass is 32.1. The third kappa shape index (κ3) is 4.97. The molecule has 1 aliphatic heterocycles. The number of anilines is 2. The van der Waals surface area contributed by atoms with Crippen LogP contribution in [0.5, 0.6) is 0 Å². The molecule has 4 aromatic rings. The molecule has 2 aromatic carbocycles. The summed E-state index contributed by atoms with van der Waals surface area (Å²) < 4.78 is 5.55. The topological polar surface area (TPSA) is 114 Å². The fraction of sp³-hybridized carbons (Fsp3) is 0.281. The Kier molecular flexibility index (Phi) is 7.34. The average molecular weight is 582 g/mol. The van der Waals surface area contributed by atoms with Gasteiger partial charge in [-0.25, -0.2) is 9.97 Å². The van der Waals surface area contributed by atoms with E-state index in [1.807, 2.05) is 68.4 Å². The van der Waals surface area contributed by atoms with Crippen LogP contribution in [0.4, 0.5) is 11.5 Å². The zero-order valence-electron chi connectivity index (χ0n) is 23.6. The first-order chi connectivity index (χ1) is 20.3. The maximum absolute atomic E-state index is 13.6. The van der Waals surface area contributed by atoms with Crippen molar-refractivity contribution in [2.75, 3.05) is 24.3 Å². The second kappa shape index (κ2) is 11.1. The van der Waals surface area contributed by atoms with Crippen molar-refractivity contribution in [3.05, 3.63) is 105 Å². The molecule has 3 amide bonds. The van der Waals surface area contributed by atoms with Gasteiger partial charge in [0.1, 0.15) is 18.1 Å². The van der Waals surface area contributed by atoms with Gasteiger partial charge in [0.2, 0.25) is 11.8 Å². The van der Waals surface area contributed by atoms with Crippen LogP contribution in [0.25, 0.3) is 0 Å². The number of benzene rings is 2. The van der Waals surface area contributed by atoms with E-state index in [9.17, 15) is 14.4 Å². The monoisotopic (exact) mass is 581 g/mol. The summed E-state index contributed by atoms with van der Waals surface area (Å²) in [6.45, 7) is 3.86. The minimum absolute atomic E-state index is 0.0486. The molecule has 3 heterocycles. The van der Waals surface area contributed by atoms with Gasteiger partial charge in [-0.3, -0.25) is 14.4 Å². The smallest absolute Gasteiger partial charge is 0.274 e. The molecule has 1 spiro atoms. The van der Waals surface area contributed by atoms with Gasteiger partial charge in [0.15, 0.2) is 0 Å². The number of hydrogen-bond acceptors (Lipinski definition) is 7. The van der Waals surface area contributed by atoms with E-state index in [0.717, 1.165) is 32.7 Å². The number of carbonyl (C=O) groups is 3. The number of rotatable bonds is 8. The molecule has 42 heavy (non-hydrogen) atoms. The molecule has 0 radical (unpaired) electrons. The zero-order chi connectivity index (χ0) is 29.4. The van der Waals surface area contributed by atoms with Crippen LogP contribution in [0, 0.1) is 6.92 Å². The number of nitrogens with zero attached hydrogens (tertiary/aromatic N) is 3. The molecule has 2 aliphatic rings. The molecule has 0 saturated heterocycles. The lowest BCUT2D eigenvalue weighted by molar-refractivity contribution is -0.120. The summed E-state index contributed by atoms with van der Waals surface area (Å²) in [6, 6.07) is 17.3. The Hall–Kier alpha value is -4.41. The highest BCUT2D eigenvalue weighted by Gasteiger charge is 2.51. The van der Waals surface area contributed by atoms with Gasteiger partial charge in [0.05, 0.1) is 17.0 Å². The Morgan fingerprint density at radius 2 is 1.93 bits per heavy atom. The predicted octanol–water partition coefficient (Wildman–Crippen LogP) is 4.82. The number of amides is 3. The van der Waals surface area contributed by atoms with Crippen molar-refractivity contribution in [2.24, 2.45) is 0 Å². The van der Waals surface area contributed by atoms with Crippen LogP contribution < -0.4 is 10.6 Å². The molecule has 2 unspecified atom stereocenters. The van der Waals surface area contributed by atoms with Crippen LogP contribution in [-0.2, 0) is 39.1 Å². The van der Waals surface area contributed by atoms with Crippen molar-refractivity contribution >= 4 is 40.6 Å². The number of thiazole rings is 1. The predicted molar refractivity (Wildman–Crippen MR) is 160 cm³/mol. The highest BCUT2D eigenvalue weighted by molar-refractivity contribution is 7.09. The van der Waals surface area contributed by atoms with Gasteiger partial charge in [-0.1, -0.05) is 36.4 Å². The standard InChI is InChI=1S/C32H31N5O4S/c1-19(41-3)25-8-5-4-7-22(25)16-37(30(39)28-20(2)42-18-34-28)17-27(38)35-24-11-10-21-14-32(15-23(21)13-24)26-9-6-12-33-29(26)36-31(32)40/h4-13,18-19H,14-17H2,1-3H3,(H,35,38)(H,33,36,40). The number of nitrogens with one attached hydrogen (secondary N) is 2.